The lowest BCUT2D eigenvalue weighted by Gasteiger charge is -2.30. The standard InChI is InChI=1S/C49H30N2/c1-2-14-36-31(12-1)25-26-43-48(36)40-29-32-23-24-33(35-13-3-4-17-39(35)45-21-11-22-47(51-45)46-20-9-10-27-50-46)28-34(32)30-44(40)49(43)41-18-7-5-15-37(41)38-16-6-8-19-42(38)49/h1-30H. The molecule has 0 amide bonds. The van der Waals surface area contributed by atoms with Crippen molar-refractivity contribution in [3.05, 3.63) is 204 Å². The third-order valence-electron chi connectivity index (χ3n) is 11.1. The van der Waals surface area contributed by atoms with Gasteiger partial charge in [0.15, 0.2) is 0 Å². The number of rotatable bonds is 3. The highest BCUT2D eigenvalue weighted by atomic mass is 14.8. The monoisotopic (exact) mass is 646 g/mol. The molecule has 2 aliphatic carbocycles. The zero-order valence-corrected chi connectivity index (χ0v) is 27.7. The molecular formula is C49H30N2. The molecule has 11 rings (SSSR count). The predicted molar refractivity (Wildman–Crippen MR) is 210 cm³/mol. The molecule has 0 fully saturated rings. The first-order valence-corrected chi connectivity index (χ1v) is 17.6. The topological polar surface area (TPSA) is 25.8 Å². The van der Waals surface area contributed by atoms with Crippen LogP contribution >= 0.6 is 0 Å². The molecule has 2 heteroatoms. The Morgan fingerprint density at radius 3 is 1.82 bits per heavy atom. The van der Waals surface area contributed by atoms with E-state index in [4.69, 9.17) is 4.98 Å². The van der Waals surface area contributed by atoms with Crippen LogP contribution in [0.4, 0.5) is 0 Å². The van der Waals surface area contributed by atoms with Crippen LogP contribution in [0.5, 0.6) is 0 Å². The van der Waals surface area contributed by atoms with Crippen LogP contribution in [0, 0.1) is 0 Å². The van der Waals surface area contributed by atoms with E-state index in [9.17, 15) is 0 Å². The first-order chi connectivity index (χ1) is 25.3. The van der Waals surface area contributed by atoms with Crippen molar-refractivity contribution < 1.29 is 0 Å². The molecule has 2 aromatic heterocycles. The molecule has 2 heterocycles. The Bertz CT molecular complexity index is 2820. The Morgan fingerprint density at radius 2 is 1.02 bits per heavy atom. The molecule has 2 aliphatic rings. The van der Waals surface area contributed by atoms with Crippen molar-refractivity contribution in [3.63, 3.8) is 0 Å². The molecule has 0 bridgehead atoms. The molecule has 236 valence electrons. The van der Waals surface area contributed by atoms with E-state index in [2.05, 4.69) is 157 Å². The van der Waals surface area contributed by atoms with Crippen LogP contribution in [0.3, 0.4) is 0 Å². The van der Waals surface area contributed by atoms with E-state index in [0.717, 1.165) is 28.2 Å². The molecule has 1 spiro atoms. The van der Waals surface area contributed by atoms with Crippen LogP contribution in [0.2, 0.25) is 0 Å². The number of fused-ring (bicyclic) bond motifs is 13. The van der Waals surface area contributed by atoms with Crippen LogP contribution in [0.15, 0.2) is 182 Å². The minimum atomic E-state index is -0.403. The average Bonchev–Trinajstić information content (AvgIpc) is 3.67. The quantitative estimate of drug-likeness (QED) is 0.191. The van der Waals surface area contributed by atoms with Crippen molar-refractivity contribution in [1.29, 1.82) is 0 Å². The number of nitrogens with zero attached hydrogens (tertiary/aromatic N) is 2. The normalized spacial score (nSPS) is 13.3. The van der Waals surface area contributed by atoms with Crippen LogP contribution in [-0.2, 0) is 5.41 Å². The van der Waals surface area contributed by atoms with Gasteiger partial charge in [0.25, 0.3) is 0 Å². The fourth-order valence-electron chi connectivity index (χ4n) is 9.02. The van der Waals surface area contributed by atoms with E-state index in [1.54, 1.807) is 0 Å². The molecule has 9 aromatic rings. The van der Waals surface area contributed by atoms with Gasteiger partial charge in [-0.2, -0.15) is 0 Å². The number of pyridine rings is 2. The third-order valence-corrected chi connectivity index (χ3v) is 11.1. The lowest BCUT2D eigenvalue weighted by Crippen LogP contribution is -2.25. The number of hydrogen-bond donors (Lipinski definition) is 0. The van der Waals surface area contributed by atoms with Gasteiger partial charge in [-0.25, -0.2) is 4.98 Å². The van der Waals surface area contributed by atoms with Crippen LogP contribution < -0.4 is 0 Å². The molecule has 0 unspecified atom stereocenters. The highest BCUT2D eigenvalue weighted by molar-refractivity contribution is 6.09. The maximum atomic E-state index is 5.09. The molecule has 0 aliphatic heterocycles. The minimum absolute atomic E-state index is 0.403. The smallest absolute Gasteiger partial charge is 0.0893 e. The van der Waals surface area contributed by atoms with Crippen molar-refractivity contribution in [2.75, 3.05) is 0 Å². The summed E-state index contributed by atoms with van der Waals surface area (Å²) in [7, 11) is 0. The van der Waals surface area contributed by atoms with Crippen molar-refractivity contribution >= 4 is 21.5 Å². The van der Waals surface area contributed by atoms with E-state index < -0.39 is 5.41 Å². The molecule has 51 heavy (non-hydrogen) atoms. The SMILES string of the molecule is c1ccc(-c2cccc(-c3ccccc3-c3ccc4cc5c(cc4c3)C3(c4ccccc4-c4ccccc43)c3ccc4ccccc4c3-5)n2)nc1. The third kappa shape index (κ3) is 3.93. The van der Waals surface area contributed by atoms with Crippen molar-refractivity contribution in [3.8, 4) is 56.0 Å². The molecule has 0 N–H and O–H groups in total. The second-order valence-electron chi connectivity index (χ2n) is 13.7. The lowest BCUT2D eigenvalue weighted by molar-refractivity contribution is 0.795. The first-order valence-electron chi connectivity index (χ1n) is 17.6. The zero-order valence-electron chi connectivity index (χ0n) is 27.7. The predicted octanol–water partition coefficient (Wildman–Crippen LogP) is 12.1. The molecule has 0 atom stereocenters. The van der Waals surface area contributed by atoms with Gasteiger partial charge in [0.1, 0.15) is 0 Å². The van der Waals surface area contributed by atoms with Crippen LogP contribution in [0.1, 0.15) is 22.3 Å². The van der Waals surface area contributed by atoms with Crippen LogP contribution in [0.25, 0.3) is 77.6 Å². The van der Waals surface area contributed by atoms with Gasteiger partial charge in [-0.15, -0.1) is 0 Å². The number of benzene rings is 7. The molecule has 2 nitrogen and oxygen atoms in total. The Kier molecular flexibility index (Phi) is 5.91. The zero-order chi connectivity index (χ0) is 33.5. The summed E-state index contributed by atoms with van der Waals surface area (Å²) >= 11 is 0. The highest BCUT2D eigenvalue weighted by Crippen LogP contribution is 2.64. The van der Waals surface area contributed by atoms with E-state index in [1.165, 1.54) is 71.6 Å². The Hall–Kier alpha value is -6.64. The summed E-state index contributed by atoms with van der Waals surface area (Å²) in [4.78, 5) is 9.64. The summed E-state index contributed by atoms with van der Waals surface area (Å²) in [6.07, 6.45) is 1.82. The fraction of sp³-hybridized carbons (Fsp3) is 0.0204. The van der Waals surface area contributed by atoms with Gasteiger partial charge in [-0.05, 0) is 120 Å². The first kappa shape index (κ1) is 28.2. The van der Waals surface area contributed by atoms with Gasteiger partial charge >= 0.3 is 0 Å². The summed E-state index contributed by atoms with van der Waals surface area (Å²) in [5, 5.41) is 5.04. The van der Waals surface area contributed by atoms with E-state index in [1.807, 2.05) is 30.5 Å². The molecule has 0 saturated heterocycles. The van der Waals surface area contributed by atoms with Crippen molar-refractivity contribution in [2.24, 2.45) is 0 Å². The van der Waals surface area contributed by atoms with Gasteiger partial charge < -0.3 is 0 Å². The maximum Gasteiger partial charge on any atom is 0.0893 e. The second-order valence-corrected chi connectivity index (χ2v) is 13.7. The summed E-state index contributed by atoms with van der Waals surface area (Å²) in [5.41, 5.74) is 16.5. The maximum absolute atomic E-state index is 5.09. The van der Waals surface area contributed by atoms with E-state index >= 15 is 0 Å². The van der Waals surface area contributed by atoms with Gasteiger partial charge in [-0.1, -0.05) is 133 Å². The number of aromatic nitrogens is 2. The lowest BCUT2D eigenvalue weighted by atomic mass is 9.70. The second kappa shape index (κ2) is 10.7. The van der Waals surface area contributed by atoms with E-state index in [0.29, 0.717) is 0 Å². The van der Waals surface area contributed by atoms with Gasteiger partial charge in [0.2, 0.25) is 0 Å². The van der Waals surface area contributed by atoms with Crippen molar-refractivity contribution in [2.45, 2.75) is 5.41 Å². The summed E-state index contributed by atoms with van der Waals surface area (Å²) < 4.78 is 0. The minimum Gasteiger partial charge on any atom is -0.255 e. The summed E-state index contributed by atoms with van der Waals surface area (Å²) in [6.45, 7) is 0. The summed E-state index contributed by atoms with van der Waals surface area (Å²) in [5.74, 6) is 0. The average molecular weight is 647 g/mol. The Balaban J connectivity index is 1.16. The highest BCUT2D eigenvalue weighted by Gasteiger charge is 2.52. The van der Waals surface area contributed by atoms with Crippen LogP contribution in [-0.4, -0.2) is 9.97 Å². The molecule has 0 radical (unpaired) electrons. The largest absolute Gasteiger partial charge is 0.255 e. The van der Waals surface area contributed by atoms with Gasteiger partial charge in [0.05, 0.1) is 22.5 Å². The Labute approximate surface area is 296 Å². The van der Waals surface area contributed by atoms with Gasteiger partial charge in [0, 0.05) is 11.8 Å². The van der Waals surface area contributed by atoms with Crippen molar-refractivity contribution in [1.82, 2.24) is 9.97 Å². The van der Waals surface area contributed by atoms with E-state index in [-0.39, 0.29) is 0 Å². The number of hydrogen-bond acceptors (Lipinski definition) is 2. The molecule has 0 saturated carbocycles. The molecular weight excluding hydrogens is 617 g/mol. The fourth-order valence-corrected chi connectivity index (χ4v) is 9.02. The Morgan fingerprint density at radius 1 is 0.353 bits per heavy atom. The van der Waals surface area contributed by atoms with Gasteiger partial charge in [-0.3, -0.25) is 4.98 Å². The summed E-state index contributed by atoms with van der Waals surface area (Å²) in [6, 6.07) is 64.3. The molecule has 7 aromatic carbocycles.